The van der Waals surface area contributed by atoms with Crippen LogP contribution in [0.4, 0.5) is 5.13 Å². The molecule has 0 saturated carbocycles. The molecule has 2 aromatic rings. The fraction of sp³-hybridized carbons (Fsp3) is 0.412. The van der Waals surface area contributed by atoms with E-state index in [9.17, 15) is 18.0 Å². The average molecular weight is 424 g/mol. The van der Waals surface area contributed by atoms with E-state index in [0.717, 1.165) is 9.31 Å². The van der Waals surface area contributed by atoms with Gasteiger partial charge in [0.15, 0.2) is 0 Å². The lowest BCUT2D eigenvalue weighted by atomic mass is 10.1. The predicted molar refractivity (Wildman–Crippen MR) is 104 cm³/mol. The third-order valence-electron chi connectivity index (χ3n) is 4.19. The van der Waals surface area contributed by atoms with Crippen LogP contribution in [0.1, 0.15) is 31.2 Å². The number of carbonyl (C=O) groups is 2. The summed E-state index contributed by atoms with van der Waals surface area (Å²) in [5, 5.41) is 14.2. The van der Waals surface area contributed by atoms with Crippen molar-refractivity contribution in [2.24, 2.45) is 0 Å². The average Bonchev–Trinajstić information content (AvgIpc) is 3.12. The summed E-state index contributed by atoms with van der Waals surface area (Å²) in [6.45, 7) is 4.21. The molecule has 1 fully saturated rings. The number of nitrogens with zero attached hydrogens (tertiary/aromatic N) is 3. The zero-order valence-corrected chi connectivity index (χ0v) is 17.1. The van der Waals surface area contributed by atoms with Crippen LogP contribution in [-0.2, 0) is 19.6 Å². The van der Waals surface area contributed by atoms with Gasteiger partial charge in [-0.2, -0.15) is 4.31 Å². The van der Waals surface area contributed by atoms with E-state index in [0.29, 0.717) is 5.13 Å². The maximum Gasteiger partial charge on any atom is 0.243 e. The van der Waals surface area contributed by atoms with E-state index >= 15 is 0 Å². The first-order valence-corrected chi connectivity index (χ1v) is 11.0. The van der Waals surface area contributed by atoms with Crippen LogP contribution >= 0.6 is 11.3 Å². The van der Waals surface area contributed by atoms with Crippen LogP contribution in [0.25, 0.3) is 0 Å². The first-order chi connectivity index (χ1) is 13.3. The Hall–Kier alpha value is -2.37. The summed E-state index contributed by atoms with van der Waals surface area (Å²) in [7, 11) is -3.90. The van der Waals surface area contributed by atoms with Crippen molar-refractivity contribution in [2.75, 3.05) is 18.4 Å². The van der Waals surface area contributed by atoms with Gasteiger partial charge in [0.05, 0.1) is 11.3 Å². The number of piperazine rings is 1. The quantitative estimate of drug-likeness (QED) is 0.720. The maximum absolute atomic E-state index is 13.0. The summed E-state index contributed by atoms with van der Waals surface area (Å²) in [4.78, 5) is 24.9. The molecule has 1 saturated heterocycles. The number of hydrogen-bond donors (Lipinski definition) is 2. The Balaban J connectivity index is 1.77. The number of amides is 2. The molecule has 0 radical (unpaired) electrons. The lowest BCUT2D eigenvalue weighted by Gasteiger charge is -2.33. The summed E-state index contributed by atoms with van der Waals surface area (Å²) < 4.78 is 27.0. The van der Waals surface area contributed by atoms with E-state index in [1.54, 1.807) is 18.2 Å². The fourth-order valence-electron chi connectivity index (χ4n) is 2.77. The number of rotatable bonds is 6. The molecule has 3 rings (SSSR count). The van der Waals surface area contributed by atoms with Gasteiger partial charge in [-0.25, -0.2) is 8.42 Å². The van der Waals surface area contributed by atoms with Gasteiger partial charge in [-0.1, -0.05) is 43.4 Å². The van der Waals surface area contributed by atoms with Crippen LogP contribution in [0.5, 0.6) is 0 Å². The van der Waals surface area contributed by atoms with Gasteiger partial charge in [-0.05, 0) is 12.1 Å². The molecule has 1 aliphatic heterocycles. The number of sulfonamides is 1. The zero-order chi connectivity index (χ0) is 20.3. The molecule has 1 atom stereocenters. The minimum absolute atomic E-state index is 0.0841. The Morgan fingerprint density at radius 1 is 1.32 bits per heavy atom. The fourth-order valence-corrected chi connectivity index (χ4v) is 5.14. The molecule has 0 aliphatic carbocycles. The molecule has 0 bridgehead atoms. The molecule has 150 valence electrons. The number of anilines is 1. The number of nitrogens with one attached hydrogen (secondary N) is 2. The third-order valence-corrected chi connectivity index (χ3v) is 7.25. The topological polar surface area (TPSA) is 121 Å². The minimum atomic E-state index is -3.90. The van der Waals surface area contributed by atoms with Gasteiger partial charge < -0.3 is 10.6 Å². The Kier molecular flexibility index (Phi) is 6.06. The highest BCUT2D eigenvalue weighted by Crippen LogP contribution is 2.24. The monoisotopic (exact) mass is 423 g/mol. The molecule has 0 spiro atoms. The number of aromatic nitrogens is 2. The normalized spacial score (nSPS) is 18.1. The van der Waals surface area contributed by atoms with E-state index in [4.69, 9.17) is 0 Å². The third kappa shape index (κ3) is 4.37. The van der Waals surface area contributed by atoms with Crippen LogP contribution in [0.3, 0.4) is 0 Å². The Morgan fingerprint density at radius 3 is 2.68 bits per heavy atom. The van der Waals surface area contributed by atoms with Crippen LogP contribution in [0.2, 0.25) is 0 Å². The van der Waals surface area contributed by atoms with E-state index in [-0.39, 0.29) is 30.3 Å². The van der Waals surface area contributed by atoms with Gasteiger partial charge in [0.25, 0.3) is 0 Å². The number of carbonyl (C=O) groups excluding carboxylic acids is 2. The molecule has 9 nitrogen and oxygen atoms in total. The van der Waals surface area contributed by atoms with Crippen LogP contribution in [0.15, 0.2) is 35.2 Å². The van der Waals surface area contributed by atoms with Gasteiger partial charge in [-0.3, -0.25) is 9.59 Å². The molecule has 2 N–H and O–H groups in total. The highest BCUT2D eigenvalue weighted by atomic mass is 32.2. The van der Waals surface area contributed by atoms with Crippen LogP contribution in [-0.4, -0.2) is 53.9 Å². The van der Waals surface area contributed by atoms with Crippen molar-refractivity contribution in [2.45, 2.75) is 37.1 Å². The summed E-state index contributed by atoms with van der Waals surface area (Å²) in [5.74, 6) is -0.818. The number of benzene rings is 1. The zero-order valence-electron chi connectivity index (χ0n) is 15.5. The van der Waals surface area contributed by atoms with Crippen molar-refractivity contribution in [3.8, 4) is 0 Å². The standard InChI is InChI=1S/C17H21N5O4S2/c1-11(2)16-20-21-17(27-16)19-14(23)10-13-15(24)18-8-9-22(13)28(25,26)12-6-4-3-5-7-12/h3-7,11,13H,8-10H2,1-2H3,(H,18,24)(H,19,21,23)/t13-/m0/s1. The first kappa shape index (κ1) is 20.4. The van der Waals surface area contributed by atoms with Crippen molar-refractivity contribution < 1.29 is 18.0 Å². The van der Waals surface area contributed by atoms with Crippen molar-refractivity contribution in [3.63, 3.8) is 0 Å². The summed E-state index contributed by atoms with van der Waals surface area (Å²) in [6, 6.07) is 6.74. The SMILES string of the molecule is CC(C)c1nnc(NC(=O)C[C@H]2C(=O)NCCN2S(=O)(=O)c2ccccc2)s1. The Morgan fingerprint density at radius 2 is 2.04 bits per heavy atom. The molecular formula is C17H21N5O4S2. The largest absolute Gasteiger partial charge is 0.353 e. The molecule has 11 heteroatoms. The summed E-state index contributed by atoms with van der Waals surface area (Å²) in [6.07, 6.45) is -0.311. The van der Waals surface area contributed by atoms with Gasteiger partial charge in [0.1, 0.15) is 11.0 Å². The molecule has 1 aliphatic rings. The number of hydrogen-bond acceptors (Lipinski definition) is 7. The highest BCUT2D eigenvalue weighted by Gasteiger charge is 2.39. The van der Waals surface area contributed by atoms with Crippen molar-refractivity contribution in [1.82, 2.24) is 19.8 Å². The second-order valence-electron chi connectivity index (χ2n) is 6.59. The maximum atomic E-state index is 13.0. The molecule has 1 aromatic heterocycles. The van der Waals surface area contributed by atoms with Crippen molar-refractivity contribution in [3.05, 3.63) is 35.3 Å². The second kappa shape index (κ2) is 8.33. The van der Waals surface area contributed by atoms with E-state index in [2.05, 4.69) is 20.8 Å². The highest BCUT2D eigenvalue weighted by molar-refractivity contribution is 7.89. The second-order valence-corrected chi connectivity index (χ2v) is 9.49. The summed E-state index contributed by atoms with van der Waals surface area (Å²) in [5.41, 5.74) is 0. The first-order valence-electron chi connectivity index (χ1n) is 8.77. The Labute approximate surface area is 167 Å². The predicted octanol–water partition coefficient (Wildman–Crippen LogP) is 1.18. The summed E-state index contributed by atoms with van der Waals surface area (Å²) >= 11 is 1.25. The molecular weight excluding hydrogens is 402 g/mol. The molecule has 0 unspecified atom stereocenters. The Bertz CT molecular complexity index is 959. The molecule has 28 heavy (non-hydrogen) atoms. The van der Waals surface area contributed by atoms with E-state index in [1.807, 2.05) is 13.8 Å². The molecule has 2 heterocycles. The molecule has 2 amide bonds. The molecule has 1 aromatic carbocycles. The minimum Gasteiger partial charge on any atom is -0.353 e. The van der Waals surface area contributed by atoms with Crippen molar-refractivity contribution >= 4 is 38.3 Å². The smallest absolute Gasteiger partial charge is 0.243 e. The lowest BCUT2D eigenvalue weighted by molar-refractivity contribution is -0.130. The van der Waals surface area contributed by atoms with Gasteiger partial charge in [0.2, 0.25) is 27.0 Å². The van der Waals surface area contributed by atoms with E-state index in [1.165, 1.54) is 23.5 Å². The van der Waals surface area contributed by atoms with Gasteiger partial charge in [-0.15, -0.1) is 10.2 Å². The van der Waals surface area contributed by atoms with E-state index < -0.39 is 27.9 Å². The van der Waals surface area contributed by atoms with Crippen molar-refractivity contribution in [1.29, 1.82) is 0 Å². The lowest BCUT2D eigenvalue weighted by Crippen LogP contribution is -2.57. The van der Waals surface area contributed by atoms with Gasteiger partial charge in [0, 0.05) is 19.0 Å². The van der Waals surface area contributed by atoms with Gasteiger partial charge >= 0.3 is 0 Å². The van der Waals surface area contributed by atoms with Crippen LogP contribution in [0, 0.1) is 0 Å². The van der Waals surface area contributed by atoms with Crippen LogP contribution < -0.4 is 10.6 Å².